The molecule has 6 heteroatoms. The number of para-hydroxylation sites is 1. The molecule has 2 aliphatic rings. The number of hydrogen-bond acceptors (Lipinski definition) is 4. The van der Waals surface area contributed by atoms with Gasteiger partial charge >= 0.3 is 5.97 Å². The van der Waals surface area contributed by atoms with E-state index < -0.39 is 29.8 Å². The van der Waals surface area contributed by atoms with Gasteiger partial charge in [0.25, 0.3) is 11.5 Å². The van der Waals surface area contributed by atoms with Crippen LogP contribution in [0.3, 0.4) is 0 Å². The SMILES string of the molecule is O=C1O[C@@H](c2ccc(Cl)cc2)O[C@@]12C(=O)N(c1ccccc1)[C@H]2c1ccccc1. The van der Waals surface area contributed by atoms with Gasteiger partial charge in [0.15, 0.2) is 0 Å². The number of hydrogen-bond donors (Lipinski definition) is 0. The number of β-lactam (4-membered cyclic amide) rings is 1. The first kappa shape index (κ1) is 17.9. The zero-order valence-electron chi connectivity index (χ0n) is 15.2. The number of anilines is 1. The average molecular weight is 406 g/mol. The van der Waals surface area contributed by atoms with Crippen molar-refractivity contribution in [1.82, 2.24) is 0 Å². The van der Waals surface area contributed by atoms with Crippen molar-refractivity contribution in [1.29, 1.82) is 0 Å². The second kappa shape index (κ2) is 6.72. The molecule has 0 saturated carbocycles. The van der Waals surface area contributed by atoms with Gasteiger partial charge in [-0.2, -0.15) is 0 Å². The summed E-state index contributed by atoms with van der Waals surface area (Å²) in [5.74, 6) is -1.11. The first-order valence-electron chi connectivity index (χ1n) is 9.19. The Balaban J connectivity index is 1.57. The Morgan fingerprint density at radius 3 is 2.07 bits per heavy atom. The van der Waals surface area contributed by atoms with Crippen LogP contribution >= 0.6 is 11.6 Å². The highest BCUT2D eigenvalue weighted by atomic mass is 35.5. The number of halogens is 1. The molecule has 2 saturated heterocycles. The molecule has 3 aromatic rings. The molecule has 5 rings (SSSR count). The molecule has 0 aliphatic carbocycles. The minimum Gasteiger partial charge on any atom is -0.429 e. The molecule has 5 nitrogen and oxygen atoms in total. The normalized spacial score (nSPS) is 25.8. The van der Waals surface area contributed by atoms with Crippen LogP contribution in [0.2, 0.25) is 5.02 Å². The molecule has 0 N–H and O–H groups in total. The summed E-state index contributed by atoms with van der Waals surface area (Å²) in [6.07, 6.45) is -0.965. The smallest absolute Gasteiger partial charge is 0.353 e. The van der Waals surface area contributed by atoms with E-state index in [0.29, 0.717) is 16.3 Å². The molecule has 3 atom stereocenters. The number of amides is 1. The van der Waals surface area contributed by atoms with E-state index >= 15 is 0 Å². The molecular weight excluding hydrogens is 390 g/mol. The number of rotatable bonds is 3. The van der Waals surface area contributed by atoms with E-state index in [9.17, 15) is 9.59 Å². The van der Waals surface area contributed by atoms with Crippen molar-refractivity contribution in [3.05, 3.63) is 101 Å². The molecule has 1 amide bonds. The number of benzene rings is 3. The average Bonchev–Trinajstić information content (AvgIpc) is 3.12. The van der Waals surface area contributed by atoms with Crippen LogP contribution in [0.4, 0.5) is 5.69 Å². The van der Waals surface area contributed by atoms with Crippen LogP contribution in [0, 0.1) is 0 Å². The predicted molar refractivity (Wildman–Crippen MR) is 107 cm³/mol. The number of esters is 1. The van der Waals surface area contributed by atoms with Gasteiger partial charge < -0.3 is 9.47 Å². The second-order valence-electron chi connectivity index (χ2n) is 6.97. The second-order valence-corrected chi connectivity index (χ2v) is 7.40. The lowest BCUT2D eigenvalue weighted by atomic mass is 9.77. The van der Waals surface area contributed by atoms with Gasteiger partial charge in [0.1, 0.15) is 6.04 Å². The van der Waals surface area contributed by atoms with Crippen LogP contribution < -0.4 is 4.90 Å². The van der Waals surface area contributed by atoms with Crippen LogP contribution in [0.15, 0.2) is 84.9 Å². The highest BCUT2D eigenvalue weighted by Gasteiger charge is 2.73. The number of ether oxygens (including phenoxy) is 2. The summed E-state index contributed by atoms with van der Waals surface area (Å²) in [6.45, 7) is 0. The Morgan fingerprint density at radius 2 is 1.41 bits per heavy atom. The third-order valence-corrected chi connectivity index (χ3v) is 5.53. The number of carbonyl (C=O) groups is 2. The summed E-state index contributed by atoms with van der Waals surface area (Å²) in [5, 5.41) is 0.560. The van der Waals surface area contributed by atoms with Crippen molar-refractivity contribution >= 4 is 29.2 Å². The van der Waals surface area contributed by atoms with Crippen molar-refractivity contribution < 1.29 is 19.1 Å². The molecule has 2 fully saturated rings. The monoisotopic (exact) mass is 405 g/mol. The molecular formula is C23H16ClNO4. The fraction of sp³-hybridized carbons (Fsp3) is 0.130. The van der Waals surface area contributed by atoms with Crippen molar-refractivity contribution in [2.45, 2.75) is 17.9 Å². The Hall–Kier alpha value is -3.15. The molecule has 0 aromatic heterocycles. The highest BCUT2D eigenvalue weighted by Crippen LogP contribution is 2.54. The van der Waals surface area contributed by atoms with Crippen molar-refractivity contribution in [2.75, 3.05) is 4.90 Å². The van der Waals surface area contributed by atoms with Gasteiger partial charge in [-0.05, 0) is 29.8 Å². The summed E-state index contributed by atoms with van der Waals surface area (Å²) < 4.78 is 11.5. The number of carbonyl (C=O) groups excluding carboxylic acids is 2. The first-order valence-corrected chi connectivity index (χ1v) is 9.57. The first-order chi connectivity index (χ1) is 14.1. The van der Waals surface area contributed by atoms with Crippen molar-refractivity contribution in [3.63, 3.8) is 0 Å². The molecule has 3 aromatic carbocycles. The predicted octanol–water partition coefficient (Wildman–Crippen LogP) is 4.44. The van der Waals surface area contributed by atoms with Crippen LogP contribution in [-0.4, -0.2) is 17.5 Å². The molecule has 29 heavy (non-hydrogen) atoms. The zero-order valence-corrected chi connectivity index (χ0v) is 16.0. The number of cyclic esters (lactones) is 1. The Morgan fingerprint density at radius 1 is 0.793 bits per heavy atom. The van der Waals surface area contributed by atoms with Crippen LogP contribution in [0.25, 0.3) is 0 Å². The summed E-state index contributed by atoms with van der Waals surface area (Å²) >= 11 is 5.95. The van der Waals surface area contributed by atoms with E-state index in [2.05, 4.69) is 0 Å². The fourth-order valence-electron chi connectivity index (χ4n) is 3.90. The molecule has 0 bridgehead atoms. The van der Waals surface area contributed by atoms with Crippen molar-refractivity contribution in [2.24, 2.45) is 0 Å². The summed E-state index contributed by atoms with van der Waals surface area (Å²) in [7, 11) is 0. The third kappa shape index (κ3) is 2.66. The molecule has 0 radical (unpaired) electrons. The molecule has 1 spiro atoms. The maximum Gasteiger partial charge on any atom is 0.353 e. The highest BCUT2D eigenvalue weighted by molar-refractivity contribution is 6.30. The van der Waals surface area contributed by atoms with E-state index in [0.717, 1.165) is 5.56 Å². The Labute approximate surface area is 172 Å². The lowest BCUT2D eigenvalue weighted by Gasteiger charge is -2.50. The Bertz CT molecular complexity index is 1070. The fourth-order valence-corrected chi connectivity index (χ4v) is 4.02. The van der Waals surface area contributed by atoms with Gasteiger partial charge in [-0.15, -0.1) is 0 Å². The van der Waals surface area contributed by atoms with E-state index in [1.807, 2.05) is 60.7 Å². The topological polar surface area (TPSA) is 55.8 Å². The van der Waals surface area contributed by atoms with E-state index in [-0.39, 0.29) is 0 Å². The van der Waals surface area contributed by atoms with Gasteiger partial charge in [-0.25, -0.2) is 4.79 Å². The van der Waals surface area contributed by atoms with Crippen molar-refractivity contribution in [3.8, 4) is 0 Å². The summed E-state index contributed by atoms with van der Waals surface area (Å²) in [4.78, 5) is 27.9. The van der Waals surface area contributed by atoms with Crippen LogP contribution in [0.1, 0.15) is 23.5 Å². The summed E-state index contributed by atoms with van der Waals surface area (Å²) in [6, 6.07) is 24.8. The quantitative estimate of drug-likeness (QED) is 0.367. The minimum atomic E-state index is -1.71. The lowest BCUT2D eigenvalue weighted by Crippen LogP contribution is -2.71. The largest absolute Gasteiger partial charge is 0.429 e. The van der Waals surface area contributed by atoms with Gasteiger partial charge in [0.05, 0.1) is 0 Å². The Kier molecular flexibility index (Phi) is 4.15. The van der Waals surface area contributed by atoms with Gasteiger partial charge in [-0.3, -0.25) is 9.69 Å². The lowest BCUT2D eigenvalue weighted by molar-refractivity contribution is -0.168. The van der Waals surface area contributed by atoms with Gasteiger partial charge in [0, 0.05) is 16.3 Å². The molecule has 0 unspecified atom stereocenters. The third-order valence-electron chi connectivity index (χ3n) is 5.28. The van der Waals surface area contributed by atoms with Crippen LogP contribution in [-0.2, 0) is 19.1 Å². The van der Waals surface area contributed by atoms with Gasteiger partial charge in [0.2, 0.25) is 6.29 Å². The minimum absolute atomic E-state index is 0.431. The van der Waals surface area contributed by atoms with Gasteiger partial charge in [-0.1, -0.05) is 72.3 Å². The maximum atomic E-state index is 13.3. The molecule has 2 aliphatic heterocycles. The zero-order chi connectivity index (χ0) is 20.0. The molecule has 2 heterocycles. The van der Waals surface area contributed by atoms with E-state index in [1.165, 1.54) is 0 Å². The number of nitrogens with zero attached hydrogens (tertiary/aromatic N) is 1. The van der Waals surface area contributed by atoms with E-state index in [1.54, 1.807) is 29.2 Å². The summed E-state index contributed by atoms with van der Waals surface area (Å²) in [5.41, 5.74) is 0.409. The molecule has 144 valence electrons. The van der Waals surface area contributed by atoms with E-state index in [4.69, 9.17) is 21.1 Å². The standard InChI is InChI=1S/C23H16ClNO4/c24-17-13-11-16(12-14-17)20-28-22(27)23(29-20)19(15-7-3-1-4-8-15)25(21(23)26)18-9-5-2-6-10-18/h1-14,19-20H/t19-,20+,23-/m0/s1. The maximum absolute atomic E-state index is 13.3. The van der Waals surface area contributed by atoms with Crippen LogP contribution in [0.5, 0.6) is 0 Å².